The van der Waals surface area contributed by atoms with E-state index in [0.717, 1.165) is 43.4 Å². The third-order valence-electron chi connectivity index (χ3n) is 3.42. The van der Waals surface area contributed by atoms with E-state index in [-0.39, 0.29) is 6.10 Å². The maximum Gasteiger partial charge on any atom is 0.0931 e. The van der Waals surface area contributed by atoms with Crippen LogP contribution in [-0.2, 0) is 20.8 Å². The molecule has 1 aromatic carbocycles. The van der Waals surface area contributed by atoms with Crippen LogP contribution in [0.2, 0.25) is 5.02 Å². The van der Waals surface area contributed by atoms with Gasteiger partial charge in [-0.05, 0) is 11.6 Å². The van der Waals surface area contributed by atoms with Gasteiger partial charge in [0.1, 0.15) is 0 Å². The molecule has 112 valence electrons. The van der Waals surface area contributed by atoms with Crippen LogP contribution in [0, 0.1) is 0 Å². The van der Waals surface area contributed by atoms with E-state index in [0.29, 0.717) is 13.2 Å². The van der Waals surface area contributed by atoms with Crippen molar-refractivity contribution in [2.24, 2.45) is 0 Å². The molecule has 1 aromatic rings. The quantitative estimate of drug-likeness (QED) is 0.772. The summed E-state index contributed by atoms with van der Waals surface area (Å²) in [5.41, 5.74) is 1.01. The first-order valence-electron chi connectivity index (χ1n) is 6.93. The van der Waals surface area contributed by atoms with E-state index >= 15 is 0 Å². The normalized spacial score (nSPS) is 18.1. The number of hydrogen-bond donors (Lipinski definition) is 0. The molecule has 2 rings (SSSR count). The zero-order valence-electron chi connectivity index (χ0n) is 11.9. The Bertz CT molecular complexity index is 396. The van der Waals surface area contributed by atoms with Gasteiger partial charge in [0.15, 0.2) is 0 Å². The minimum atomic E-state index is 0.0792. The molecule has 1 saturated heterocycles. The summed E-state index contributed by atoms with van der Waals surface area (Å²) < 4.78 is 16.5. The van der Waals surface area contributed by atoms with Gasteiger partial charge in [-0.1, -0.05) is 29.8 Å². The molecule has 20 heavy (non-hydrogen) atoms. The average Bonchev–Trinajstić information content (AvgIpc) is 2.49. The number of hydrogen-bond acceptors (Lipinski definition) is 4. The maximum atomic E-state index is 6.10. The van der Waals surface area contributed by atoms with Crippen LogP contribution >= 0.6 is 11.6 Å². The van der Waals surface area contributed by atoms with E-state index in [1.165, 1.54) is 0 Å². The maximum absolute atomic E-state index is 6.10. The topological polar surface area (TPSA) is 30.9 Å². The lowest BCUT2D eigenvalue weighted by atomic mass is 10.2. The minimum absolute atomic E-state index is 0.0792. The number of halogens is 1. The summed E-state index contributed by atoms with van der Waals surface area (Å²) in [5, 5.41) is 0.745. The second kappa shape index (κ2) is 8.60. The predicted octanol–water partition coefficient (Wildman–Crippen LogP) is 2.20. The minimum Gasteiger partial charge on any atom is -0.379 e. The molecule has 1 heterocycles. The number of ether oxygens (including phenoxy) is 3. The van der Waals surface area contributed by atoms with E-state index in [1.807, 2.05) is 24.3 Å². The van der Waals surface area contributed by atoms with Gasteiger partial charge in [0, 0.05) is 31.8 Å². The number of nitrogens with zero attached hydrogens (tertiary/aromatic N) is 1. The Morgan fingerprint density at radius 1 is 1.30 bits per heavy atom. The van der Waals surface area contributed by atoms with Gasteiger partial charge >= 0.3 is 0 Å². The van der Waals surface area contributed by atoms with Crippen molar-refractivity contribution in [1.29, 1.82) is 0 Å². The monoisotopic (exact) mass is 299 g/mol. The Hall–Kier alpha value is -0.650. The van der Waals surface area contributed by atoms with Crippen LogP contribution in [0.1, 0.15) is 5.56 Å². The molecule has 1 atom stereocenters. The molecule has 0 aliphatic carbocycles. The van der Waals surface area contributed by atoms with Crippen LogP contribution in [0.15, 0.2) is 24.3 Å². The second-order valence-corrected chi connectivity index (χ2v) is 5.28. The molecule has 0 spiro atoms. The molecule has 0 amide bonds. The zero-order valence-corrected chi connectivity index (χ0v) is 12.6. The van der Waals surface area contributed by atoms with Crippen LogP contribution in [-0.4, -0.2) is 57.6 Å². The van der Waals surface area contributed by atoms with E-state index in [1.54, 1.807) is 7.11 Å². The Kier molecular flexibility index (Phi) is 6.76. The summed E-state index contributed by atoms with van der Waals surface area (Å²) in [6, 6.07) is 7.74. The van der Waals surface area contributed by atoms with E-state index in [9.17, 15) is 0 Å². The van der Waals surface area contributed by atoms with Crippen LogP contribution in [0.3, 0.4) is 0 Å². The number of methoxy groups -OCH3 is 1. The summed E-state index contributed by atoms with van der Waals surface area (Å²) >= 11 is 6.10. The molecule has 1 aliphatic rings. The van der Waals surface area contributed by atoms with E-state index < -0.39 is 0 Å². The fourth-order valence-electron chi connectivity index (χ4n) is 2.18. The lowest BCUT2D eigenvalue weighted by molar-refractivity contribution is -0.0348. The first-order chi connectivity index (χ1) is 9.79. The third-order valence-corrected chi connectivity index (χ3v) is 3.79. The summed E-state index contributed by atoms with van der Waals surface area (Å²) in [6.45, 7) is 5.49. The zero-order chi connectivity index (χ0) is 14.2. The molecule has 1 fully saturated rings. The number of morpholine rings is 1. The molecule has 0 N–H and O–H groups in total. The molecular formula is C15H22ClNO3. The van der Waals surface area contributed by atoms with Crippen molar-refractivity contribution >= 4 is 11.6 Å². The van der Waals surface area contributed by atoms with Crippen LogP contribution < -0.4 is 0 Å². The molecule has 0 radical (unpaired) electrons. The van der Waals surface area contributed by atoms with Crippen LogP contribution in [0.25, 0.3) is 0 Å². The molecule has 0 bridgehead atoms. The lowest BCUT2D eigenvalue weighted by Crippen LogP contribution is -2.42. The summed E-state index contributed by atoms with van der Waals surface area (Å²) in [4.78, 5) is 2.34. The standard InChI is InChI=1S/C15H22ClNO3/c1-18-14(10-17-6-8-19-9-7-17)12-20-11-13-4-2-3-5-15(13)16/h2-5,14H,6-12H2,1H3. The Balaban J connectivity index is 1.72. The Morgan fingerprint density at radius 2 is 2.05 bits per heavy atom. The van der Waals surface area contributed by atoms with Crippen molar-refractivity contribution in [3.05, 3.63) is 34.9 Å². The molecule has 5 heteroatoms. The smallest absolute Gasteiger partial charge is 0.0931 e. The largest absolute Gasteiger partial charge is 0.379 e. The second-order valence-electron chi connectivity index (χ2n) is 4.88. The van der Waals surface area contributed by atoms with Gasteiger partial charge < -0.3 is 14.2 Å². The SMILES string of the molecule is COC(COCc1ccccc1Cl)CN1CCOCC1. The van der Waals surface area contributed by atoms with Gasteiger partial charge in [-0.3, -0.25) is 4.90 Å². The first kappa shape index (κ1) is 15.7. The van der Waals surface area contributed by atoms with Gasteiger partial charge in [-0.2, -0.15) is 0 Å². The number of rotatable bonds is 7. The summed E-state index contributed by atoms with van der Waals surface area (Å²) in [6.07, 6.45) is 0.0792. The lowest BCUT2D eigenvalue weighted by Gasteiger charge is -2.29. The molecule has 4 nitrogen and oxygen atoms in total. The van der Waals surface area contributed by atoms with Gasteiger partial charge in [0.25, 0.3) is 0 Å². The van der Waals surface area contributed by atoms with Gasteiger partial charge in [-0.15, -0.1) is 0 Å². The van der Waals surface area contributed by atoms with Crippen molar-refractivity contribution in [3.63, 3.8) is 0 Å². The van der Waals surface area contributed by atoms with Crippen molar-refractivity contribution in [2.75, 3.05) is 46.6 Å². The van der Waals surface area contributed by atoms with Crippen LogP contribution in [0.5, 0.6) is 0 Å². The molecular weight excluding hydrogens is 278 g/mol. The summed E-state index contributed by atoms with van der Waals surface area (Å²) in [5.74, 6) is 0. The fraction of sp³-hybridized carbons (Fsp3) is 0.600. The first-order valence-corrected chi connectivity index (χ1v) is 7.31. The molecule has 1 unspecified atom stereocenters. The Labute approximate surface area is 125 Å². The highest BCUT2D eigenvalue weighted by atomic mass is 35.5. The van der Waals surface area contributed by atoms with Gasteiger partial charge in [-0.25, -0.2) is 0 Å². The van der Waals surface area contributed by atoms with Crippen molar-refractivity contribution < 1.29 is 14.2 Å². The average molecular weight is 300 g/mol. The summed E-state index contributed by atoms with van der Waals surface area (Å²) in [7, 11) is 1.73. The molecule has 0 aromatic heterocycles. The van der Waals surface area contributed by atoms with Crippen molar-refractivity contribution in [1.82, 2.24) is 4.90 Å². The highest BCUT2D eigenvalue weighted by molar-refractivity contribution is 6.31. The van der Waals surface area contributed by atoms with Gasteiger partial charge in [0.2, 0.25) is 0 Å². The third kappa shape index (κ3) is 5.04. The van der Waals surface area contributed by atoms with Gasteiger partial charge in [0.05, 0.1) is 32.5 Å². The van der Waals surface area contributed by atoms with Crippen molar-refractivity contribution in [3.8, 4) is 0 Å². The fourth-order valence-corrected chi connectivity index (χ4v) is 2.37. The van der Waals surface area contributed by atoms with E-state index in [4.69, 9.17) is 25.8 Å². The molecule has 1 aliphatic heterocycles. The highest BCUT2D eigenvalue weighted by Crippen LogP contribution is 2.15. The highest BCUT2D eigenvalue weighted by Gasteiger charge is 2.16. The van der Waals surface area contributed by atoms with Crippen LogP contribution in [0.4, 0.5) is 0 Å². The Morgan fingerprint density at radius 3 is 2.75 bits per heavy atom. The predicted molar refractivity (Wildman–Crippen MR) is 79.2 cm³/mol. The van der Waals surface area contributed by atoms with E-state index in [2.05, 4.69) is 4.90 Å². The van der Waals surface area contributed by atoms with Crippen molar-refractivity contribution in [2.45, 2.75) is 12.7 Å². The molecule has 0 saturated carbocycles. The number of benzene rings is 1.